The summed E-state index contributed by atoms with van der Waals surface area (Å²) < 4.78 is 38.1. The minimum atomic E-state index is -4.52. The minimum absolute atomic E-state index is 0.0219. The molecule has 0 spiro atoms. The third-order valence-electron chi connectivity index (χ3n) is 3.82. The summed E-state index contributed by atoms with van der Waals surface area (Å²) in [6, 6.07) is 1.000. The van der Waals surface area contributed by atoms with Crippen molar-refractivity contribution in [2.45, 2.75) is 51.7 Å². The Hall–Kier alpha value is -1.04. The first-order valence-electron chi connectivity index (χ1n) is 6.57. The van der Waals surface area contributed by atoms with Crippen LogP contribution in [0.15, 0.2) is 6.07 Å². The summed E-state index contributed by atoms with van der Waals surface area (Å²) in [4.78, 5) is 7.07. The number of aromatic nitrogens is 2. The highest BCUT2D eigenvalue weighted by Crippen LogP contribution is 2.37. The number of hydrogen-bond donors (Lipinski definition) is 1. The molecule has 0 bridgehead atoms. The number of rotatable bonds is 2. The Bertz CT molecular complexity index is 488. The van der Waals surface area contributed by atoms with Crippen molar-refractivity contribution in [3.8, 4) is 0 Å². The molecule has 1 unspecified atom stereocenters. The molecule has 1 fully saturated rings. The smallest absolute Gasteiger partial charge is 0.367 e. The molecule has 1 heterocycles. The lowest BCUT2D eigenvalue weighted by atomic mass is 9.73. The first-order valence-corrected chi connectivity index (χ1v) is 6.94. The third-order valence-corrected chi connectivity index (χ3v) is 3.99. The van der Waals surface area contributed by atoms with E-state index in [0.29, 0.717) is 0 Å². The largest absolute Gasteiger partial charge is 0.433 e. The highest BCUT2D eigenvalue weighted by Gasteiger charge is 2.35. The van der Waals surface area contributed by atoms with E-state index in [-0.39, 0.29) is 17.3 Å². The van der Waals surface area contributed by atoms with Gasteiger partial charge >= 0.3 is 6.18 Å². The highest BCUT2D eigenvalue weighted by molar-refractivity contribution is 6.28. The van der Waals surface area contributed by atoms with Crippen LogP contribution in [0.25, 0.3) is 0 Å². The number of nitrogens with zero attached hydrogens (tertiary/aromatic N) is 2. The van der Waals surface area contributed by atoms with Gasteiger partial charge in [0.05, 0.1) is 0 Å². The second kappa shape index (κ2) is 5.39. The van der Waals surface area contributed by atoms with Gasteiger partial charge in [-0.1, -0.05) is 26.7 Å². The van der Waals surface area contributed by atoms with Crippen LogP contribution in [0.3, 0.4) is 0 Å². The van der Waals surface area contributed by atoms with Gasteiger partial charge in [0, 0.05) is 12.1 Å². The van der Waals surface area contributed by atoms with Crippen LogP contribution < -0.4 is 5.32 Å². The van der Waals surface area contributed by atoms with Crippen LogP contribution in [-0.2, 0) is 6.18 Å². The average molecular weight is 308 g/mol. The second-order valence-electron chi connectivity index (χ2n) is 5.84. The Balaban J connectivity index is 2.23. The van der Waals surface area contributed by atoms with Gasteiger partial charge in [0.2, 0.25) is 5.28 Å². The predicted octanol–water partition coefficient (Wildman–Crippen LogP) is 4.53. The second-order valence-corrected chi connectivity index (χ2v) is 6.17. The van der Waals surface area contributed by atoms with E-state index in [4.69, 9.17) is 11.6 Å². The first kappa shape index (κ1) is 15.4. The van der Waals surface area contributed by atoms with Crippen molar-refractivity contribution < 1.29 is 13.2 Å². The maximum absolute atomic E-state index is 12.7. The first-order chi connectivity index (χ1) is 9.18. The summed E-state index contributed by atoms with van der Waals surface area (Å²) in [5.74, 6) is 0.136. The quantitative estimate of drug-likeness (QED) is 0.816. The van der Waals surface area contributed by atoms with Gasteiger partial charge in [0.25, 0.3) is 0 Å². The molecule has 2 rings (SSSR count). The van der Waals surface area contributed by atoms with Crippen molar-refractivity contribution in [3.63, 3.8) is 0 Å². The molecular weight excluding hydrogens is 291 g/mol. The summed E-state index contributed by atoms with van der Waals surface area (Å²) in [5, 5.41) is 2.70. The van der Waals surface area contributed by atoms with Crippen molar-refractivity contribution in [1.82, 2.24) is 9.97 Å². The van der Waals surface area contributed by atoms with Crippen molar-refractivity contribution in [2.75, 3.05) is 5.32 Å². The van der Waals surface area contributed by atoms with Crippen LogP contribution in [0.1, 0.15) is 45.2 Å². The van der Waals surface area contributed by atoms with Gasteiger partial charge in [0.15, 0.2) is 5.69 Å². The fourth-order valence-corrected chi connectivity index (χ4v) is 2.76. The number of anilines is 1. The molecule has 1 saturated carbocycles. The van der Waals surface area contributed by atoms with E-state index in [2.05, 4.69) is 29.1 Å². The molecule has 0 aliphatic heterocycles. The zero-order chi connectivity index (χ0) is 15.0. The molecule has 1 aromatic heterocycles. The van der Waals surface area contributed by atoms with Gasteiger partial charge < -0.3 is 5.32 Å². The van der Waals surface area contributed by atoms with E-state index in [1.807, 2.05) is 0 Å². The fourth-order valence-electron chi connectivity index (χ4n) is 2.58. The molecule has 20 heavy (non-hydrogen) atoms. The van der Waals surface area contributed by atoms with Crippen LogP contribution in [0.2, 0.25) is 5.28 Å². The highest BCUT2D eigenvalue weighted by atomic mass is 35.5. The van der Waals surface area contributed by atoms with Gasteiger partial charge in [-0.3, -0.25) is 0 Å². The summed E-state index contributed by atoms with van der Waals surface area (Å²) >= 11 is 5.58. The SMILES string of the molecule is CC1(C)CCCCC1Nc1cc(C(F)(F)F)nc(Cl)n1. The molecule has 0 aromatic carbocycles. The molecule has 1 aromatic rings. The van der Waals surface area contributed by atoms with Crippen molar-refractivity contribution >= 4 is 17.4 Å². The molecular formula is C13H17ClF3N3. The van der Waals surface area contributed by atoms with Gasteiger partial charge in [0.1, 0.15) is 5.82 Å². The van der Waals surface area contributed by atoms with E-state index < -0.39 is 17.2 Å². The lowest BCUT2D eigenvalue weighted by Crippen LogP contribution is -2.39. The maximum Gasteiger partial charge on any atom is 0.433 e. The Morgan fingerprint density at radius 1 is 1.30 bits per heavy atom. The molecule has 7 heteroatoms. The Morgan fingerprint density at radius 2 is 2.00 bits per heavy atom. The van der Waals surface area contributed by atoms with Gasteiger partial charge in [-0.2, -0.15) is 13.2 Å². The summed E-state index contributed by atoms with van der Waals surface area (Å²) in [7, 11) is 0. The molecule has 1 atom stereocenters. The summed E-state index contributed by atoms with van der Waals surface area (Å²) in [6.45, 7) is 4.22. The Morgan fingerprint density at radius 3 is 2.60 bits per heavy atom. The number of hydrogen-bond acceptors (Lipinski definition) is 3. The molecule has 0 amide bonds. The van der Waals surface area contributed by atoms with E-state index >= 15 is 0 Å². The molecule has 112 valence electrons. The van der Waals surface area contributed by atoms with Gasteiger partial charge in [-0.15, -0.1) is 0 Å². The molecule has 1 aliphatic rings. The van der Waals surface area contributed by atoms with E-state index in [0.717, 1.165) is 31.7 Å². The van der Waals surface area contributed by atoms with Crippen LogP contribution >= 0.6 is 11.6 Å². The number of alkyl halides is 3. The third kappa shape index (κ3) is 3.53. The summed E-state index contributed by atoms with van der Waals surface area (Å²) in [5.41, 5.74) is -0.998. The van der Waals surface area contributed by atoms with Crippen LogP contribution in [0.4, 0.5) is 19.0 Å². The average Bonchev–Trinajstić information content (AvgIpc) is 2.30. The summed E-state index contributed by atoms with van der Waals surface area (Å²) in [6.07, 6.45) is -0.369. The van der Waals surface area contributed by atoms with Gasteiger partial charge in [-0.25, -0.2) is 9.97 Å². The fraction of sp³-hybridized carbons (Fsp3) is 0.692. The topological polar surface area (TPSA) is 37.8 Å². The Kier molecular flexibility index (Phi) is 4.14. The van der Waals surface area contributed by atoms with E-state index in [9.17, 15) is 13.2 Å². The monoisotopic (exact) mass is 307 g/mol. The van der Waals surface area contributed by atoms with Crippen molar-refractivity contribution in [2.24, 2.45) is 5.41 Å². The molecule has 3 nitrogen and oxygen atoms in total. The van der Waals surface area contributed by atoms with Crippen LogP contribution in [0.5, 0.6) is 0 Å². The molecule has 1 N–H and O–H groups in total. The standard InChI is InChI=1S/C13H17ClF3N3/c1-12(2)6-4-3-5-8(12)18-10-7-9(13(15,16)17)19-11(14)20-10/h7-8H,3-6H2,1-2H3,(H,18,19,20). The van der Waals surface area contributed by atoms with Crippen molar-refractivity contribution in [3.05, 3.63) is 17.0 Å². The minimum Gasteiger partial charge on any atom is -0.367 e. The normalized spacial score (nSPS) is 22.6. The Labute approximate surface area is 120 Å². The molecule has 0 saturated heterocycles. The van der Waals surface area contributed by atoms with E-state index in [1.165, 1.54) is 0 Å². The molecule has 1 aliphatic carbocycles. The lowest BCUT2D eigenvalue weighted by Gasteiger charge is -2.39. The van der Waals surface area contributed by atoms with Crippen LogP contribution in [0, 0.1) is 5.41 Å². The molecule has 0 radical (unpaired) electrons. The lowest BCUT2D eigenvalue weighted by molar-refractivity contribution is -0.141. The van der Waals surface area contributed by atoms with E-state index in [1.54, 1.807) is 0 Å². The van der Waals surface area contributed by atoms with Crippen molar-refractivity contribution in [1.29, 1.82) is 0 Å². The maximum atomic E-state index is 12.7. The number of halogens is 4. The predicted molar refractivity (Wildman–Crippen MR) is 71.7 cm³/mol. The number of nitrogens with one attached hydrogen (secondary N) is 1. The zero-order valence-corrected chi connectivity index (χ0v) is 12.1. The zero-order valence-electron chi connectivity index (χ0n) is 11.4. The van der Waals surface area contributed by atoms with Gasteiger partial charge in [-0.05, 0) is 29.9 Å². The van der Waals surface area contributed by atoms with Crippen LogP contribution in [-0.4, -0.2) is 16.0 Å².